The third-order valence-electron chi connectivity index (χ3n) is 4.04. The molecule has 1 fully saturated rings. The standard InChI is InChI=1S/C16H23F2NO/c17-16(18)13-7-5-6-12(10-13)15(11-20)19-14-8-3-1-2-4-9-14/h5-7,10,14-16,19-20H,1-4,8-9,11H2. The molecule has 2 nitrogen and oxygen atoms in total. The Bertz CT molecular complexity index is 403. The summed E-state index contributed by atoms with van der Waals surface area (Å²) in [5.41, 5.74) is 0.762. The summed E-state index contributed by atoms with van der Waals surface area (Å²) < 4.78 is 25.5. The second-order valence-corrected chi connectivity index (χ2v) is 5.56. The number of halogens is 2. The highest BCUT2D eigenvalue weighted by Gasteiger charge is 2.19. The van der Waals surface area contributed by atoms with Gasteiger partial charge in [-0.25, -0.2) is 8.78 Å². The molecule has 112 valence electrons. The largest absolute Gasteiger partial charge is 0.394 e. The molecule has 2 rings (SSSR count). The molecule has 0 heterocycles. The lowest BCUT2D eigenvalue weighted by Crippen LogP contribution is -2.34. The van der Waals surface area contributed by atoms with E-state index in [1.165, 1.54) is 37.8 Å². The predicted molar refractivity (Wildman–Crippen MR) is 75.9 cm³/mol. The first-order valence-corrected chi connectivity index (χ1v) is 7.45. The lowest BCUT2D eigenvalue weighted by Gasteiger charge is -2.24. The Hall–Kier alpha value is -1.00. The summed E-state index contributed by atoms with van der Waals surface area (Å²) >= 11 is 0. The van der Waals surface area contributed by atoms with Gasteiger partial charge in [0.25, 0.3) is 6.43 Å². The van der Waals surface area contributed by atoms with Crippen LogP contribution < -0.4 is 5.32 Å². The second-order valence-electron chi connectivity index (χ2n) is 5.56. The highest BCUT2D eigenvalue weighted by atomic mass is 19.3. The first-order valence-electron chi connectivity index (χ1n) is 7.45. The second kappa shape index (κ2) is 7.70. The van der Waals surface area contributed by atoms with Crippen LogP contribution in [0.4, 0.5) is 8.78 Å². The number of alkyl halides is 2. The average molecular weight is 283 g/mol. The van der Waals surface area contributed by atoms with E-state index in [-0.39, 0.29) is 18.2 Å². The molecule has 1 aliphatic carbocycles. The quantitative estimate of drug-likeness (QED) is 0.801. The number of rotatable bonds is 5. The van der Waals surface area contributed by atoms with Crippen molar-refractivity contribution in [3.8, 4) is 0 Å². The van der Waals surface area contributed by atoms with Gasteiger partial charge in [0, 0.05) is 11.6 Å². The lowest BCUT2D eigenvalue weighted by atomic mass is 10.0. The van der Waals surface area contributed by atoms with Gasteiger partial charge in [0.15, 0.2) is 0 Å². The average Bonchev–Trinajstić information content (AvgIpc) is 2.73. The maximum Gasteiger partial charge on any atom is 0.263 e. The smallest absolute Gasteiger partial charge is 0.263 e. The van der Waals surface area contributed by atoms with Crippen molar-refractivity contribution in [3.05, 3.63) is 35.4 Å². The monoisotopic (exact) mass is 283 g/mol. The van der Waals surface area contributed by atoms with Crippen molar-refractivity contribution in [1.82, 2.24) is 5.32 Å². The van der Waals surface area contributed by atoms with Crippen molar-refractivity contribution in [2.45, 2.75) is 57.0 Å². The van der Waals surface area contributed by atoms with E-state index in [9.17, 15) is 13.9 Å². The third-order valence-corrected chi connectivity index (χ3v) is 4.04. The Labute approximate surface area is 119 Å². The summed E-state index contributed by atoms with van der Waals surface area (Å²) in [7, 11) is 0. The number of hydrogen-bond acceptors (Lipinski definition) is 2. The van der Waals surface area contributed by atoms with E-state index in [1.54, 1.807) is 12.1 Å². The van der Waals surface area contributed by atoms with Gasteiger partial charge in [0.2, 0.25) is 0 Å². The molecule has 4 heteroatoms. The molecule has 1 aromatic rings. The fourth-order valence-electron chi connectivity index (χ4n) is 2.90. The van der Waals surface area contributed by atoms with Crippen LogP contribution in [-0.4, -0.2) is 17.8 Å². The minimum atomic E-state index is -2.47. The molecule has 0 aromatic heterocycles. The van der Waals surface area contributed by atoms with E-state index in [1.807, 2.05) is 0 Å². The van der Waals surface area contributed by atoms with Crippen molar-refractivity contribution in [2.24, 2.45) is 0 Å². The Morgan fingerprint density at radius 1 is 1.10 bits per heavy atom. The molecule has 0 aliphatic heterocycles. The van der Waals surface area contributed by atoms with Gasteiger partial charge in [0.05, 0.1) is 12.6 Å². The van der Waals surface area contributed by atoms with Gasteiger partial charge in [-0.3, -0.25) is 0 Å². The number of benzene rings is 1. The highest BCUT2D eigenvalue weighted by Crippen LogP contribution is 2.24. The van der Waals surface area contributed by atoms with E-state index in [2.05, 4.69) is 5.32 Å². The predicted octanol–water partition coefficient (Wildman–Crippen LogP) is 3.97. The zero-order chi connectivity index (χ0) is 14.4. The molecule has 20 heavy (non-hydrogen) atoms. The molecule has 1 atom stereocenters. The summed E-state index contributed by atoms with van der Waals surface area (Å²) in [6, 6.07) is 6.48. The molecule has 1 unspecified atom stereocenters. The molecular formula is C16H23F2NO. The van der Waals surface area contributed by atoms with Gasteiger partial charge in [-0.2, -0.15) is 0 Å². The van der Waals surface area contributed by atoms with E-state index in [0.717, 1.165) is 18.4 Å². The zero-order valence-electron chi connectivity index (χ0n) is 11.7. The highest BCUT2D eigenvalue weighted by molar-refractivity contribution is 5.27. The SMILES string of the molecule is OCC(NC1CCCCCC1)c1cccc(C(F)F)c1. The van der Waals surface area contributed by atoms with Crippen LogP contribution in [0, 0.1) is 0 Å². The maximum absolute atomic E-state index is 12.7. The zero-order valence-corrected chi connectivity index (χ0v) is 11.7. The van der Waals surface area contributed by atoms with E-state index < -0.39 is 6.43 Å². The lowest BCUT2D eigenvalue weighted by molar-refractivity contribution is 0.151. The van der Waals surface area contributed by atoms with Gasteiger partial charge >= 0.3 is 0 Å². The topological polar surface area (TPSA) is 32.3 Å². The molecule has 1 aromatic carbocycles. The van der Waals surface area contributed by atoms with Gasteiger partial charge in [0.1, 0.15) is 0 Å². The Morgan fingerprint density at radius 3 is 2.35 bits per heavy atom. The van der Waals surface area contributed by atoms with Gasteiger partial charge in [-0.05, 0) is 24.5 Å². The number of aliphatic hydroxyl groups excluding tert-OH is 1. The van der Waals surface area contributed by atoms with Crippen molar-refractivity contribution < 1.29 is 13.9 Å². The van der Waals surface area contributed by atoms with Gasteiger partial charge < -0.3 is 10.4 Å². The Balaban J connectivity index is 2.05. The molecule has 0 spiro atoms. The van der Waals surface area contributed by atoms with Crippen LogP contribution in [0.1, 0.15) is 62.1 Å². The summed E-state index contributed by atoms with van der Waals surface area (Å²) in [6.45, 7) is -0.0663. The Morgan fingerprint density at radius 2 is 1.75 bits per heavy atom. The van der Waals surface area contributed by atoms with Crippen LogP contribution in [0.5, 0.6) is 0 Å². The molecule has 2 N–H and O–H groups in total. The molecule has 0 saturated heterocycles. The molecule has 1 aliphatic rings. The first kappa shape index (κ1) is 15.4. The summed E-state index contributed by atoms with van der Waals surface area (Å²) in [4.78, 5) is 0. The molecular weight excluding hydrogens is 260 g/mol. The number of aliphatic hydroxyl groups is 1. The number of hydrogen-bond donors (Lipinski definition) is 2. The van der Waals surface area contributed by atoms with E-state index >= 15 is 0 Å². The van der Waals surface area contributed by atoms with Crippen LogP contribution in [0.15, 0.2) is 24.3 Å². The van der Waals surface area contributed by atoms with Gasteiger partial charge in [-0.1, -0.05) is 43.9 Å². The van der Waals surface area contributed by atoms with Crippen LogP contribution in [0.2, 0.25) is 0 Å². The molecule has 1 saturated carbocycles. The van der Waals surface area contributed by atoms with Gasteiger partial charge in [-0.15, -0.1) is 0 Å². The van der Waals surface area contributed by atoms with E-state index in [4.69, 9.17) is 0 Å². The summed E-state index contributed by atoms with van der Waals surface area (Å²) in [5, 5.41) is 13.0. The number of nitrogens with one attached hydrogen (secondary N) is 1. The first-order chi connectivity index (χ1) is 9.70. The minimum absolute atomic E-state index is 0.0172. The summed E-state index contributed by atoms with van der Waals surface area (Å²) in [6.07, 6.45) is 4.67. The fourth-order valence-corrected chi connectivity index (χ4v) is 2.90. The van der Waals surface area contributed by atoms with Crippen molar-refractivity contribution in [2.75, 3.05) is 6.61 Å². The van der Waals surface area contributed by atoms with Crippen LogP contribution in [-0.2, 0) is 0 Å². The van der Waals surface area contributed by atoms with Crippen molar-refractivity contribution in [3.63, 3.8) is 0 Å². The maximum atomic E-state index is 12.7. The summed E-state index contributed by atoms with van der Waals surface area (Å²) in [5.74, 6) is 0. The molecule has 0 amide bonds. The minimum Gasteiger partial charge on any atom is -0.394 e. The fraction of sp³-hybridized carbons (Fsp3) is 0.625. The third kappa shape index (κ3) is 4.25. The normalized spacial score (nSPS) is 19.0. The van der Waals surface area contributed by atoms with E-state index in [0.29, 0.717) is 6.04 Å². The molecule has 0 bridgehead atoms. The van der Waals surface area contributed by atoms with Crippen molar-refractivity contribution >= 4 is 0 Å². The van der Waals surface area contributed by atoms with Crippen molar-refractivity contribution in [1.29, 1.82) is 0 Å². The van der Waals surface area contributed by atoms with Crippen LogP contribution in [0.3, 0.4) is 0 Å². The molecule has 0 radical (unpaired) electrons. The Kier molecular flexibility index (Phi) is 5.92. The van der Waals surface area contributed by atoms with Crippen LogP contribution >= 0.6 is 0 Å². The van der Waals surface area contributed by atoms with Crippen LogP contribution in [0.25, 0.3) is 0 Å².